The summed E-state index contributed by atoms with van der Waals surface area (Å²) in [6.07, 6.45) is 0.294. The van der Waals surface area contributed by atoms with E-state index in [1.807, 2.05) is 27.7 Å². The molecule has 8 heteroatoms. The number of aryl methyl sites for hydroxylation is 1. The van der Waals surface area contributed by atoms with Crippen molar-refractivity contribution in [3.8, 4) is 0 Å². The Hall–Kier alpha value is -1.25. The molecular weight excluding hydrogens is 374 g/mol. The summed E-state index contributed by atoms with van der Waals surface area (Å²) >= 11 is 0. The molecule has 0 aliphatic rings. The highest BCUT2D eigenvalue weighted by atomic mass is 33.1. The maximum atomic E-state index is 12.2. The van der Waals surface area contributed by atoms with E-state index < -0.39 is 14.5 Å². The molecule has 6 nitrogen and oxygen atoms in total. The lowest BCUT2D eigenvalue weighted by Crippen LogP contribution is -2.35. The molecule has 0 saturated heterocycles. The highest BCUT2D eigenvalue weighted by Gasteiger charge is 2.19. The van der Waals surface area contributed by atoms with E-state index in [0.717, 1.165) is 16.4 Å². The Morgan fingerprint density at radius 2 is 1.77 bits per heavy atom. The summed E-state index contributed by atoms with van der Waals surface area (Å²) in [5.41, 5.74) is 0.510. The summed E-state index contributed by atoms with van der Waals surface area (Å²) in [5, 5.41) is 0. The van der Waals surface area contributed by atoms with Crippen LogP contribution >= 0.6 is 10.8 Å². The number of carbonyl (C=O) groups excluding carboxylic acids is 1. The summed E-state index contributed by atoms with van der Waals surface area (Å²) < 4.78 is 35.0. The Bertz CT molecular complexity index is 666. The number of rotatable bonds is 9. The predicted molar refractivity (Wildman–Crippen MR) is 105 cm³/mol. The highest BCUT2D eigenvalue weighted by Crippen LogP contribution is 2.23. The Labute approximate surface area is 160 Å². The van der Waals surface area contributed by atoms with E-state index >= 15 is 0 Å². The first-order chi connectivity index (χ1) is 12.0. The van der Waals surface area contributed by atoms with Gasteiger partial charge in [-0.3, -0.25) is 0 Å². The lowest BCUT2D eigenvalue weighted by Gasteiger charge is -2.24. The minimum Gasteiger partial charge on any atom is -0.444 e. The molecule has 0 aliphatic carbocycles. The van der Waals surface area contributed by atoms with Gasteiger partial charge < -0.3 is 14.4 Å². The van der Waals surface area contributed by atoms with Crippen LogP contribution in [0.4, 0.5) is 4.79 Å². The Morgan fingerprint density at radius 3 is 2.35 bits per heavy atom. The molecule has 148 valence electrons. The van der Waals surface area contributed by atoms with Gasteiger partial charge in [-0.25, -0.2) is 13.2 Å². The van der Waals surface area contributed by atoms with E-state index in [0.29, 0.717) is 36.8 Å². The summed E-state index contributed by atoms with van der Waals surface area (Å²) in [6, 6.07) is 6.80. The van der Waals surface area contributed by atoms with Crippen molar-refractivity contribution in [2.24, 2.45) is 0 Å². The maximum absolute atomic E-state index is 12.2. The molecule has 1 aromatic carbocycles. The largest absolute Gasteiger partial charge is 0.444 e. The van der Waals surface area contributed by atoms with Crippen LogP contribution in [0, 0.1) is 6.92 Å². The molecular formula is C18H29NO5S2. The normalized spacial score (nSPS) is 12.0. The van der Waals surface area contributed by atoms with Crippen molar-refractivity contribution in [2.75, 3.05) is 32.6 Å². The number of amides is 1. The van der Waals surface area contributed by atoms with Crippen molar-refractivity contribution in [3.05, 3.63) is 29.8 Å². The van der Waals surface area contributed by atoms with E-state index in [1.54, 1.807) is 31.3 Å². The van der Waals surface area contributed by atoms with Gasteiger partial charge >= 0.3 is 6.09 Å². The maximum Gasteiger partial charge on any atom is 0.410 e. The zero-order valence-corrected chi connectivity index (χ0v) is 17.8. The Morgan fingerprint density at radius 1 is 1.15 bits per heavy atom. The smallest absolute Gasteiger partial charge is 0.410 e. The number of ether oxygens (including phenoxy) is 2. The van der Waals surface area contributed by atoms with Crippen LogP contribution in [0.5, 0.6) is 0 Å². The molecule has 0 unspecified atom stereocenters. The van der Waals surface area contributed by atoms with Crippen LogP contribution in [0.2, 0.25) is 0 Å². The molecule has 26 heavy (non-hydrogen) atoms. The van der Waals surface area contributed by atoms with Crippen molar-refractivity contribution in [1.82, 2.24) is 4.90 Å². The number of hydrogen-bond donors (Lipinski definition) is 0. The monoisotopic (exact) mass is 403 g/mol. The molecule has 0 atom stereocenters. The zero-order chi connectivity index (χ0) is 19.8. The summed E-state index contributed by atoms with van der Waals surface area (Å²) in [7, 11) is -0.790. The van der Waals surface area contributed by atoms with Crippen LogP contribution in [0.15, 0.2) is 29.2 Å². The Balaban J connectivity index is 2.19. The van der Waals surface area contributed by atoms with Crippen LogP contribution in [0.3, 0.4) is 0 Å². The van der Waals surface area contributed by atoms with E-state index in [2.05, 4.69) is 0 Å². The lowest BCUT2D eigenvalue weighted by molar-refractivity contribution is 0.0282. The molecule has 0 heterocycles. The molecule has 0 radical (unpaired) electrons. The minimum atomic E-state index is -3.34. The van der Waals surface area contributed by atoms with Crippen molar-refractivity contribution >= 4 is 25.8 Å². The van der Waals surface area contributed by atoms with Gasteiger partial charge in [0.2, 0.25) is 8.87 Å². The second-order valence-electron chi connectivity index (χ2n) is 6.96. The molecule has 0 saturated carbocycles. The fourth-order valence-corrected chi connectivity index (χ4v) is 4.53. The highest BCUT2D eigenvalue weighted by molar-refractivity contribution is 8.72. The molecule has 0 aliphatic heterocycles. The summed E-state index contributed by atoms with van der Waals surface area (Å²) in [6.45, 7) is 8.70. The lowest BCUT2D eigenvalue weighted by atomic mass is 10.2. The van der Waals surface area contributed by atoms with E-state index in [9.17, 15) is 13.2 Å². The van der Waals surface area contributed by atoms with Gasteiger partial charge in [-0.1, -0.05) is 17.7 Å². The Kier molecular flexibility index (Phi) is 8.92. The van der Waals surface area contributed by atoms with Crippen LogP contribution < -0.4 is 0 Å². The van der Waals surface area contributed by atoms with Gasteiger partial charge in [-0.15, -0.1) is 0 Å². The van der Waals surface area contributed by atoms with Crippen LogP contribution in [-0.4, -0.2) is 57.6 Å². The predicted octanol–water partition coefficient (Wildman–Crippen LogP) is 3.69. The molecule has 0 bridgehead atoms. The molecule has 0 spiro atoms. The standard InChI is InChI=1S/C18H29NO5S2/c1-15-7-9-16(10-8-15)26(21,22)25-14-13-23-12-6-11-19(5)17(20)24-18(2,3)4/h7-10H,6,11-14H2,1-5H3. The fraction of sp³-hybridized carbons (Fsp3) is 0.611. The van der Waals surface area contributed by atoms with E-state index in [-0.39, 0.29) is 6.09 Å². The molecule has 1 rings (SSSR count). The average Bonchev–Trinajstić information content (AvgIpc) is 2.52. The third-order valence-corrected chi connectivity index (χ3v) is 6.76. The van der Waals surface area contributed by atoms with E-state index in [1.165, 1.54) is 4.90 Å². The van der Waals surface area contributed by atoms with Crippen molar-refractivity contribution < 1.29 is 22.7 Å². The third kappa shape index (κ3) is 8.91. The fourth-order valence-electron chi connectivity index (χ4n) is 1.91. The molecule has 1 aromatic rings. The van der Waals surface area contributed by atoms with E-state index in [4.69, 9.17) is 9.47 Å². The summed E-state index contributed by atoms with van der Waals surface area (Å²) in [5.74, 6) is 0.359. The first-order valence-electron chi connectivity index (χ1n) is 8.49. The van der Waals surface area contributed by atoms with Gasteiger partial charge in [0.05, 0.1) is 11.5 Å². The molecule has 1 amide bonds. The second-order valence-corrected chi connectivity index (χ2v) is 11.0. The van der Waals surface area contributed by atoms with Gasteiger partial charge in [-0.2, -0.15) is 0 Å². The van der Waals surface area contributed by atoms with Gasteiger partial charge in [0.25, 0.3) is 0 Å². The van der Waals surface area contributed by atoms with Gasteiger partial charge in [0.15, 0.2) is 0 Å². The second kappa shape index (κ2) is 10.2. The number of hydrogen-bond acceptors (Lipinski definition) is 6. The average molecular weight is 404 g/mol. The topological polar surface area (TPSA) is 72.9 Å². The minimum absolute atomic E-state index is 0.312. The number of carbonyl (C=O) groups is 1. The van der Waals surface area contributed by atoms with Crippen molar-refractivity contribution in [1.29, 1.82) is 0 Å². The zero-order valence-electron chi connectivity index (χ0n) is 16.1. The van der Waals surface area contributed by atoms with Gasteiger partial charge in [0.1, 0.15) is 5.60 Å². The quantitative estimate of drug-likeness (QED) is 0.462. The first kappa shape index (κ1) is 22.8. The van der Waals surface area contributed by atoms with Gasteiger partial charge in [-0.05, 0) is 57.0 Å². The summed E-state index contributed by atoms with van der Waals surface area (Å²) in [4.78, 5) is 13.6. The first-order valence-corrected chi connectivity index (χ1v) is 11.5. The number of benzene rings is 1. The van der Waals surface area contributed by atoms with Crippen molar-refractivity contribution in [2.45, 2.75) is 44.6 Å². The van der Waals surface area contributed by atoms with Crippen LogP contribution in [0.1, 0.15) is 32.8 Å². The number of nitrogens with zero attached hydrogens (tertiary/aromatic N) is 1. The van der Waals surface area contributed by atoms with Crippen LogP contribution in [0.25, 0.3) is 0 Å². The van der Waals surface area contributed by atoms with Crippen molar-refractivity contribution in [3.63, 3.8) is 0 Å². The van der Waals surface area contributed by atoms with Gasteiger partial charge in [0, 0.05) is 26.0 Å². The van der Waals surface area contributed by atoms with Crippen LogP contribution in [-0.2, 0) is 18.3 Å². The SMILES string of the molecule is Cc1ccc(S(=O)(=O)SCCOCCCN(C)C(=O)OC(C)(C)C)cc1. The third-order valence-electron chi connectivity index (χ3n) is 3.26. The molecule has 0 aromatic heterocycles. The molecule has 0 N–H and O–H groups in total. The molecule has 0 fully saturated rings.